The Morgan fingerprint density at radius 2 is 1.71 bits per heavy atom. The molecule has 1 aliphatic rings. The number of hydrogen-bond acceptors (Lipinski definition) is 5. The maximum atomic E-state index is 12.2. The topological polar surface area (TPSA) is 80.7 Å². The number of esters is 1. The minimum atomic E-state index is -0.604. The van der Waals surface area contributed by atoms with Gasteiger partial charge in [0.2, 0.25) is 0 Å². The molecule has 1 rings (SSSR count). The summed E-state index contributed by atoms with van der Waals surface area (Å²) in [5.74, 6) is -0.0371. The van der Waals surface area contributed by atoms with E-state index in [-0.39, 0.29) is 43.2 Å². The fourth-order valence-corrected chi connectivity index (χ4v) is 3.91. The van der Waals surface area contributed by atoms with E-state index in [1.54, 1.807) is 0 Å². The summed E-state index contributed by atoms with van der Waals surface area (Å²) in [5.41, 5.74) is 0. The first kappa shape index (κ1) is 31.7. The molecular weight excluding hydrogens is 392 g/mol. The van der Waals surface area contributed by atoms with Crippen LogP contribution in [0.2, 0.25) is 0 Å². The number of hydrogen-bond donors (Lipinski definition) is 1. The van der Waals surface area contributed by atoms with Crippen molar-refractivity contribution in [1.82, 2.24) is 0 Å². The van der Waals surface area contributed by atoms with Crippen molar-refractivity contribution in [3.8, 4) is 0 Å². The average molecular weight is 441 g/mol. The largest absolute Gasteiger partial charge is 0.469 e. The van der Waals surface area contributed by atoms with Crippen molar-refractivity contribution in [2.24, 2.45) is 11.8 Å². The zero-order chi connectivity index (χ0) is 22.8. The van der Waals surface area contributed by atoms with E-state index in [9.17, 15) is 19.5 Å². The summed E-state index contributed by atoms with van der Waals surface area (Å²) < 4.78 is 4.61. The molecular formula is C26H48O5. The number of aliphatic hydroxyl groups excluding tert-OH is 1. The standard InChI is InChI=1S/C23H38O5.C2H6.CH4/c1-3-4-9-12-18(24)15-16-20-19(21(25)17-22(20)26)13-10-7-5-6-8-11-14-23(27)28-2;1-2;/h7,10,19-20,22,26H,3-6,8-9,11-17H2,1-2H3;1-2H3;1H4/b10-7-;;/t19-,20-,22-;;/m1../s1. The van der Waals surface area contributed by atoms with Gasteiger partial charge < -0.3 is 9.84 Å². The Hall–Kier alpha value is -1.49. The number of Topliss-reactive ketones (excluding diaryl/α,β-unsaturated/α-hetero) is 2. The molecule has 0 aliphatic heterocycles. The molecule has 0 spiro atoms. The van der Waals surface area contributed by atoms with Crippen LogP contribution in [0, 0.1) is 11.8 Å². The summed E-state index contributed by atoms with van der Waals surface area (Å²) in [6, 6.07) is 0. The van der Waals surface area contributed by atoms with Gasteiger partial charge in [-0.25, -0.2) is 0 Å². The molecule has 0 aromatic heterocycles. The quantitative estimate of drug-likeness (QED) is 0.186. The van der Waals surface area contributed by atoms with Crippen LogP contribution in [-0.2, 0) is 19.1 Å². The highest BCUT2D eigenvalue weighted by molar-refractivity contribution is 5.84. The molecule has 1 aliphatic carbocycles. The third-order valence-electron chi connectivity index (χ3n) is 5.69. The van der Waals surface area contributed by atoms with Gasteiger partial charge in [0.15, 0.2) is 0 Å². The van der Waals surface area contributed by atoms with E-state index in [1.165, 1.54) is 7.11 Å². The molecule has 5 heteroatoms. The van der Waals surface area contributed by atoms with E-state index in [2.05, 4.69) is 17.7 Å². The highest BCUT2D eigenvalue weighted by atomic mass is 16.5. The van der Waals surface area contributed by atoms with Crippen molar-refractivity contribution in [3.05, 3.63) is 12.2 Å². The van der Waals surface area contributed by atoms with E-state index in [0.29, 0.717) is 32.1 Å². The number of aliphatic hydroxyl groups is 1. The van der Waals surface area contributed by atoms with Crippen molar-refractivity contribution in [2.45, 2.75) is 118 Å². The second-order valence-corrected chi connectivity index (χ2v) is 7.93. The molecule has 1 saturated carbocycles. The summed E-state index contributed by atoms with van der Waals surface area (Å²) in [4.78, 5) is 35.3. The number of allylic oxidation sites excluding steroid dienone is 2. The molecule has 31 heavy (non-hydrogen) atoms. The van der Waals surface area contributed by atoms with Crippen LogP contribution in [0.1, 0.15) is 112 Å². The van der Waals surface area contributed by atoms with Crippen LogP contribution in [0.15, 0.2) is 12.2 Å². The molecule has 0 amide bonds. The number of carbonyl (C=O) groups excluding carboxylic acids is 3. The Morgan fingerprint density at radius 3 is 2.35 bits per heavy atom. The predicted molar refractivity (Wildman–Crippen MR) is 128 cm³/mol. The van der Waals surface area contributed by atoms with Gasteiger partial charge in [0.25, 0.3) is 0 Å². The van der Waals surface area contributed by atoms with Crippen molar-refractivity contribution >= 4 is 17.5 Å². The Balaban J connectivity index is 0. The number of rotatable bonds is 15. The number of ether oxygens (including phenoxy) is 1. The summed E-state index contributed by atoms with van der Waals surface area (Å²) in [7, 11) is 1.40. The zero-order valence-electron chi connectivity index (χ0n) is 19.7. The summed E-state index contributed by atoms with van der Waals surface area (Å²) >= 11 is 0. The zero-order valence-corrected chi connectivity index (χ0v) is 19.7. The van der Waals surface area contributed by atoms with Gasteiger partial charge in [-0.3, -0.25) is 14.4 Å². The Labute approximate surface area is 191 Å². The van der Waals surface area contributed by atoms with Crippen LogP contribution in [0.5, 0.6) is 0 Å². The number of unbranched alkanes of at least 4 members (excludes halogenated alkanes) is 5. The molecule has 0 unspecified atom stereocenters. The summed E-state index contributed by atoms with van der Waals surface area (Å²) in [5, 5.41) is 10.2. The Morgan fingerprint density at radius 1 is 1.03 bits per heavy atom. The van der Waals surface area contributed by atoms with E-state index in [1.807, 2.05) is 19.9 Å². The molecule has 1 fully saturated rings. The number of methoxy groups -OCH3 is 1. The van der Waals surface area contributed by atoms with Gasteiger partial charge in [0.1, 0.15) is 11.6 Å². The van der Waals surface area contributed by atoms with E-state index < -0.39 is 6.10 Å². The van der Waals surface area contributed by atoms with Gasteiger partial charge in [-0.15, -0.1) is 0 Å². The van der Waals surface area contributed by atoms with Gasteiger partial charge >= 0.3 is 5.97 Å². The SMILES string of the molecule is C.CC.CCCCCC(=O)CC[C@H]1[C@H](O)CC(=O)[C@@H]1C/C=C\CCCCCC(=O)OC. The fourth-order valence-electron chi connectivity index (χ4n) is 3.91. The number of ketones is 2. The number of carbonyl (C=O) groups is 3. The van der Waals surface area contributed by atoms with Crippen LogP contribution in [-0.4, -0.2) is 35.9 Å². The molecule has 0 aromatic carbocycles. The molecule has 0 heterocycles. The molecule has 3 atom stereocenters. The van der Waals surface area contributed by atoms with Crippen LogP contribution in [0.25, 0.3) is 0 Å². The molecule has 0 bridgehead atoms. The van der Waals surface area contributed by atoms with E-state index in [0.717, 1.165) is 44.9 Å². The first-order valence-corrected chi connectivity index (χ1v) is 11.9. The lowest BCUT2D eigenvalue weighted by molar-refractivity contribution is -0.140. The van der Waals surface area contributed by atoms with Crippen molar-refractivity contribution in [3.63, 3.8) is 0 Å². The van der Waals surface area contributed by atoms with Crippen molar-refractivity contribution in [1.29, 1.82) is 0 Å². The van der Waals surface area contributed by atoms with Crippen LogP contribution in [0.4, 0.5) is 0 Å². The van der Waals surface area contributed by atoms with Gasteiger partial charge in [-0.05, 0) is 44.4 Å². The molecule has 0 aromatic rings. The van der Waals surface area contributed by atoms with Gasteiger partial charge in [-0.1, -0.05) is 59.6 Å². The lowest BCUT2D eigenvalue weighted by Gasteiger charge is -2.19. The Kier molecular flexibility index (Phi) is 20.9. The van der Waals surface area contributed by atoms with Crippen LogP contribution < -0.4 is 0 Å². The fraction of sp³-hybridized carbons (Fsp3) is 0.808. The highest BCUT2D eigenvalue weighted by Gasteiger charge is 2.40. The third kappa shape index (κ3) is 14.2. The van der Waals surface area contributed by atoms with Crippen LogP contribution in [0.3, 0.4) is 0 Å². The first-order valence-electron chi connectivity index (χ1n) is 11.9. The van der Waals surface area contributed by atoms with Crippen LogP contribution >= 0.6 is 0 Å². The maximum Gasteiger partial charge on any atom is 0.305 e. The normalized spacial score (nSPS) is 20.2. The van der Waals surface area contributed by atoms with Crippen molar-refractivity contribution < 1.29 is 24.2 Å². The van der Waals surface area contributed by atoms with E-state index in [4.69, 9.17) is 0 Å². The monoisotopic (exact) mass is 440 g/mol. The molecule has 1 N–H and O–H groups in total. The predicted octanol–water partition coefficient (Wildman–Crippen LogP) is 6.21. The third-order valence-corrected chi connectivity index (χ3v) is 5.69. The summed E-state index contributed by atoms with van der Waals surface area (Å²) in [6.45, 7) is 6.12. The molecule has 0 radical (unpaired) electrons. The minimum absolute atomic E-state index is 0. The van der Waals surface area contributed by atoms with Crippen molar-refractivity contribution in [2.75, 3.05) is 7.11 Å². The molecule has 5 nitrogen and oxygen atoms in total. The second-order valence-electron chi connectivity index (χ2n) is 7.93. The van der Waals surface area contributed by atoms with Gasteiger partial charge in [0, 0.05) is 31.6 Å². The lowest BCUT2D eigenvalue weighted by atomic mass is 9.86. The minimum Gasteiger partial charge on any atom is -0.469 e. The first-order chi connectivity index (χ1) is 14.5. The smallest absolute Gasteiger partial charge is 0.305 e. The van der Waals surface area contributed by atoms with Gasteiger partial charge in [0.05, 0.1) is 13.2 Å². The lowest BCUT2D eigenvalue weighted by Crippen LogP contribution is -2.21. The summed E-state index contributed by atoms with van der Waals surface area (Å²) in [6.07, 6.45) is 13.4. The Bertz CT molecular complexity index is 512. The highest BCUT2D eigenvalue weighted by Crippen LogP contribution is 2.35. The molecule has 182 valence electrons. The molecule has 0 saturated heterocycles. The van der Waals surface area contributed by atoms with Gasteiger partial charge in [-0.2, -0.15) is 0 Å². The average Bonchev–Trinajstić information content (AvgIpc) is 3.02. The van der Waals surface area contributed by atoms with E-state index >= 15 is 0 Å². The second kappa shape index (κ2) is 20.4. The maximum absolute atomic E-state index is 12.2.